The van der Waals surface area contributed by atoms with E-state index in [9.17, 15) is 14.4 Å². The monoisotopic (exact) mass is 408 g/mol. The lowest BCUT2D eigenvalue weighted by molar-refractivity contribution is -0.0228. The van der Waals surface area contributed by atoms with E-state index in [1.165, 1.54) is 4.90 Å². The maximum atomic E-state index is 13.1. The van der Waals surface area contributed by atoms with Crippen molar-refractivity contribution in [3.63, 3.8) is 0 Å². The molecule has 1 atom stereocenters. The van der Waals surface area contributed by atoms with Gasteiger partial charge in [-0.05, 0) is 30.2 Å². The van der Waals surface area contributed by atoms with Crippen LogP contribution in [0, 0.1) is 0 Å². The Hall–Kier alpha value is -3.03. The number of hydrogen-bond donors (Lipinski definition) is 0. The molecular formula is C23H24N2O5. The lowest BCUT2D eigenvalue weighted by atomic mass is 10.0. The normalized spacial score (nSPS) is 18.6. The van der Waals surface area contributed by atoms with Gasteiger partial charge in [0.05, 0.1) is 24.3 Å². The zero-order chi connectivity index (χ0) is 21.1. The lowest BCUT2D eigenvalue weighted by Crippen LogP contribution is -2.42. The van der Waals surface area contributed by atoms with E-state index in [-0.39, 0.29) is 29.4 Å². The summed E-state index contributed by atoms with van der Waals surface area (Å²) < 4.78 is 10.8. The fourth-order valence-electron chi connectivity index (χ4n) is 3.88. The predicted molar refractivity (Wildman–Crippen MR) is 109 cm³/mol. The van der Waals surface area contributed by atoms with Crippen LogP contribution >= 0.6 is 0 Å². The highest BCUT2D eigenvalue weighted by Gasteiger charge is 2.36. The first-order chi connectivity index (χ1) is 14.6. The first-order valence-corrected chi connectivity index (χ1v) is 10.0. The van der Waals surface area contributed by atoms with Gasteiger partial charge >= 0.3 is 0 Å². The van der Waals surface area contributed by atoms with Crippen molar-refractivity contribution in [3.8, 4) is 0 Å². The maximum Gasteiger partial charge on any atom is 0.261 e. The molecule has 2 aromatic carbocycles. The number of benzene rings is 2. The summed E-state index contributed by atoms with van der Waals surface area (Å²) in [5.41, 5.74) is 2.06. The third-order valence-electron chi connectivity index (χ3n) is 5.47. The number of morpholine rings is 1. The van der Waals surface area contributed by atoms with Crippen LogP contribution in [0.2, 0.25) is 0 Å². The number of carbonyl (C=O) groups excluding carboxylic acids is 3. The van der Waals surface area contributed by atoms with E-state index in [4.69, 9.17) is 9.47 Å². The van der Waals surface area contributed by atoms with Gasteiger partial charge in [0.15, 0.2) is 0 Å². The number of amides is 3. The van der Waals surface area contributed by atoms with Gasteiger partial charge in [-0.15, -0.1) is 0 Å². The Morgan fingerprint density at radius 1 is 1.10 bits per heavy atom. The van der Waals surface area contributed by atoms with Crippen molar-refractivity contribution in [1.82, 2.24) is 9.80 Å². The minimum atomic E-state index is -0.357. The second-order valence-corrected chi connectivity index (χ2v) is 7.39. The SMILES string of the molecule is COCCCN1C(=O)c2ccc(C(=O)N3CCOC(c4ccccc4)C3)cc2C1=O. The van der Waals surface area contributed by atoms with Crippen LogP contribution in [-0.2, 0) is 9.47 Å². The van der Waals surface area contributed by atoms with Crippen molar-refractivity contribution >= 4 is 17.7 Å². The van der Waals surface area contributed by atoms with E-state index < -0.39 is 0 Å². The van der Waals surface area contributed by atoms with Crippen molar-refractivity contribution in [3.05, 3.63) is 70.8 Å². The summed E-state index contributed by atoms with van der Waals surface area (Å²) in [7, 11) is 1.58. The number of nitrogens with zero attached hydrogens (tertiary/aromatic N) is 2. The van der Waals surface area contributed by atoms with Gasteiger partial charge in [0.2, 0.25) is 0 Å². The summed E-state index contributed by atoms with van der Waals surface area (Å²) in [6, 6.07) is 14.5. The number of methoxy groups -OCH3 is 1. The summed E-state index contributed by atoms with van der Waals surface area (Å²) >= 11 is 0. The van der Waals surface area contributed by atoms with E-state index in [2.05, 4.69) is 0 Å². The molecule has 0 spiro atoms. The van der Waals surface area contributed by atoms with E-state index in [0.717, 1.165) is 5.56 Å². The van der Waals surface area contributed by atoms with E-state index in [1.54, 1.807) is 30.2 Å². The summed E-state index contributed by atoms with van der Waals surface area (Å²) in [6.07, 6.45) is 0.389. The van der Waals surface area contributed by atoms with Gasteiger partial charge in [0, 0.05) is 32.4 Å². The second-order valence-electron chi connectivity index (χ2n) is 7.39. The molecule has 0 N–H and O–H groups in total. The van der Waals surface area contributed by atoms with Crippen LogP contribution in [-0.4, -0.2) is 67.5 Å². The molecule has 0 aromatic heterocycles. The topological polar surface area (TPSA) is 76.2 Å². The zero-order valence-corrected chi connectivity index (χ0v) is 16.9. The first-order valence-electron chi connectivity index (χ1n) is 10.0. The van der Waals surface area contributed by atoms with Gasteiger partial charge in [-0.3, -0.25) is 19.3 Å². The van der Waals surface area contributed by atoms with Crippen LogP contribution < -0.4 is 0 Å². The number of ether oxygens (including phenoxy) is 2. The predicted octanol–water partition coefficient (Wildman–Crippen LogP) is 2.53. The molecule has 30 heavy (non-hydrogen) atoms. The number of rotatable bonds is 6. The van der Waals surface area contributed by atoms with Crippen LogP contribution in [0.15, 0.2) is 48.5 Å². The molecule has 7 heteroatoms. The Morgan fingerprint density at radius 3 is 2.63 bits per heavy atom. The smallest absolute Gasteiger partial charge is 0.261 e. The molecule has 2 heterocycles. The largest absolute Gasteiger partial charge is 0.385 e. The van der Waals surface area contributed by atoms with Gasteiger partial charge in [-0.2, -0.15) is 0 Å². The highest BCUT2D eigenvalue weighted by molar-refractivity contribution is 6.22. The van der Waals surface area contributed by atoms with E-state index in [1.807, 2.05) is 30.3 Å². The molecule has 2 aliphatic rings. The highest BCUT2D eigenvalue weighted by atomic mass is 16.5. The fraction of sp³-hybridized carbons (Fsp3) is 0.348. The first kappa shape index (κ1) is 20.3. The maximum absolute atomic E-state index is 13.1. The minimum absolute atomic E-state index is 0.167. The molecule has 0 radical (unpaired) electrons. The Labute approximate surface area is 175 Å². The van der Waals surface area contributed by atoms with Crippen molar-refractivity contribution in [2.75, 3.05) is 40.0 Å². The van der Waals surface area contributed by atoms with Gasteiger partial charge in [0.25, 0.3) is 17.7 Å². The average Bonchev–Trinajstić information content (AvgIpc) is 3.03. The summed E-state index contributed by atoms with van der Waals surface area (Å²) in [6.45, 7) is 2.13. The summed E-state index contributed by atoms with van der Waals surface area (Å²) in [5, 5.41) is 0. The average molecular weight is 408 g/mol. The van der Waals surface area contributed by atoms with Crippen LogP contribution in [0.25, 0.3) is 0 Å². The summed E-state index contributed by atoms with van der Waals surface area (Å²) in [4.78, 5) is 41.3. The van der Waals surface area contributed by atoms with E-state index in [0.29, 0.717) is 50.4 Å². The summed E-state index contributed by atoms with van der Waals surface area (Å²) in [5.74, 6) is -0.842. The van der Waals surface area contributed by atoms with Gasteiger partial charge in [-0.1, -0.05) is 30.3 Å². The molecule has 1 saturated heterocycles. The molecule has 0 bridgehead atoms. The molecule has 2 aromatic rings. The Morgan fingerprint density at radius 2 is 1.87 bits per heavy atom. The number of hydrogen-bond acceptors (Lipinski definition) is 5. The van der Waals surface area contributed by atoms with Crippen molar-refractivity contribution in [2.45, 2.75) is 12.5 Å². The Balaban J connectivity index is 1.50. The lowest BCUT2D eigenvalue weighted by Gasteiger charge is -2.33. The van der Waals surface area contributed by atoms with Crippen LogP contribution in [0.1, 0.15) is 49.2 Å². The van der Waals surface area contributed by atoms with Gasteiger partial charge in [-0.25, -0.2) is 0 Å². The Kier molecular flexibility index (Phi) is 5.92. The quantitative estimate of drug-likeness (QED) is 0.542. The van der Waals surface area contributed by atoms with Gasteiger partial charge < -0.3 is 14.4 Å². The minimum Gasteiger partial charge on any atom is -0.385 e. The highest BCUT2D eigenvalue weighted by Crippen LogP contribution is 2.27. The molecule has 4 rings (SSSR count). The molecule has 2 aliphatic heterocycles. The standard InChI is InChI=1S/C23H24N2O5/c1-29-12-5-10-25-22(27)18-9-8-17(14-19(18)23(25)28)21(26)24-11-13-30-20(15-24)16-6-3-2-4-7-16/h2-4,6-9,14,20H,5,10-13,15H2,1H3. The fourth-order valence-corrected chi connectivity index (χ4v) is 3.88. The molecule has 1 unspecified atom stereocenters. The third kappa shape index (κ3) is 3.86. The van der Waals surface area contributed by atoms with Crippen molar-refractivity contribution < 1.29 is 23.9 Å². The van der Waals surface area contributed by atoms with Crippen LogP contribution in [0.4, 0.5) is 0 Å². The van der Waals surface area contributed by atoms with Crippen LogP contribution in [0.5, 0.6) is 0 Å². The molecular weight excluding hydrogens is 384 g/mol. The second kappa shape index (κ2) is 8.77. The number of imide groups is 1. The Bertz CT molecular complexity index is 959. The number of carbonyl (C=O) groups is 3. The molecule has 156 valence electrons. The molecule has 7 nitrogen and oxygen atoms in total. The molecule has 1 fully saturated rings. The van der Waals surface area contributed by atoms with Gasteiger partial charge in [0.1, 0.15) is 6.10 Å². The van der Waals surface area contributed by atoms with Crippen molar-refractivity contribution in [1.29, 1.82) is 0 Å². The molecule has 3 amide bonds. The van der Waals surface area contributed by atoms with Crippen molar-refractivity contribution in [2.24, 2.45) is 0 Å². The molecule has 0 aliphatic carbocycles. The zero-order valence-electron chi connectivity index (χ0n) is 16.9. The third-order valence-corrected chi connectivity index (χ3v) is 5.47. The van der Waals surface area contributed by atoms with E-state index >= 15 is 0 Å². The molecule has 0 saturated carbocycles. The number of fused-ring (bicyclic) bond motifs is 1. The van der Waals surface area contributed by atoms with Crippen LogP contribution in [0.3, 0.4) is 0 Å².